The SMILES string of the molecule is CC[C@H](C)N1C(=O)[C@@H](CC(=O)Nc2ccc(C)cc2)SC1=Nc1ccccc1. The number of anilines is 1. The highest BCUT2D eigenvalue weighted by Crippen LogP contribution is 2.33. The van der Waals surface area contributed by atoms with Crippen molar-refractivity contribution in [2.45, 2.75) is 44.9 Å². The highest BCUT2D eigenvalue weighted by molar-refractivity contribution is 8.15. The first kappa shape index (κ1) is 20.1. The Morgan fingerprint density at radius 3 is 2.50 bits per heavy atom. The van der Waals surface area contributed by atoms with E-state index in [4.69, 9.17) is 0 Å². The van der Waals surface area contributed by atoms with E-state index in [2.05, 4.69) is 10.3 Å². The Labute approximate surface area is 170 Å². The molecule has 28 heavy (non-hydrogen) atoms. The number of nitrogens with one attached hydrogen (secondary N) is 1. The smallest absolute Gasteiger partial charge is 0.242 e. The third-order valence-electron chi connectivity index (χ3n) is 4.69. The Balaban J connectivity index is 1.74. The first-order valence-electron chi connectivity index (χ1n) is 9.48. The topological polar surface area (TPSA) is 61.8 Å². The fraction of sp³-hybridized carbons (Fsp3) is 0.318. The van der Waals surface area contributed by atoms with Crippen LogP contribution in [0.1, 0.15) is 32.3 Å². The number of aliphatic imine (C=N–C) groups is 1. The number of aryl methyl sites for hydroxylation is 1. The summed E-state index contributed by atoms with van der Waals surface area (Å²) in [5.74, 6) is -0.215. The molecule has 1 N–H and O–H groups in total. The molecule has 1 aliphatic rings. The molecule has 1 aliphatic heterocycles. The van der Waals surface area contributed by atoms with Crippen LogP contribution < -0.4 is 5.32 Å². The van der Waals surface area contributed by atoms with Gasteiger partial charge in [0.2, 0.25) is 11.8 Å². The molecule has 2 amide bonds. The molecule has 2 aromatic rings. The fourth-order valence-corrected chi connectivity index (χ4v) is 4.16. The summed E-state index contributed by atoms with van der Waals surface area (Å²) >= 11 is 1.37. The van der Waals surface area contributed by atoms with Gasteiger partial charge in [-0.15, -0.1) is 0 Å². The third kappa shape index (κ3) is 4.81. The maximum absolute atomic E-state index is 13.0. The second-order valence-electron chi connectivity index (χ2n) is 6.92. The summed E-state index contributed by atoms with van der Waals surface area (Å²) in [7, 11) is 0. The van der Waals surface area contributed by atoms with Crippen LogP contribution in [0.25, 0.3) is 0 Å². The van der Waals surface area contributed by atoms with E-state index in [1.54, 1.807) is 4.90 Å². The van der Waals surface area contributed by atoms with Crippen LogP contribution in [0, 0.1) is 6.92 Å². The van der Waals surface area contributed by atoms with Crippen molar-refractivity contribution in [2.75, 3.05) is 5.32 Å². The van der Waals surface area contributed by atoms with Crippen molar-refractivity contribution < 1.29 is 9.59 Å². The maximum Gasteiger partial charge on any atom is 0.242 e. The molecule has 6 heteroatoms. The summed E-state index contributed by atoms with van der Waals surface area (Å²) < 4.78 is 0. The van der Waals surface area contributed by atoms with Crippen LogP contribution in [-0.4, -0.2) is 33.2 Å². The number of thioether (sulfide) groups is 1. The van der Waals surface area contributed by atoms with E-state index in [1.807, 2.05) is 75.4 Å². The lowest BCUT2D eigenvalue weighted by atomic mass is 10.2. The molecule has 0 aliphatic carbocycles. The molecule has 2 atom stereocenters. The highest BCUT2D eigenvalue weighted by atomic mass is 32.2. The van der Waals surface area contributed by atoms with Crippen LogP contribution >= 0.6 is 11.8 Å². The molecule has 0 saturated carbocycles. The number of carbonyl (C=O) groups excluding carboxylic acids is 2. The summed E-state index contributed by atoms with van der Waals surface area (Å²) in [6.45, 7) is 6.05. The van der Waals surface area contributed by atoms with Gasteiger partial charge in [0, 0.05) is 18.2 Å². The lowest BCUT2D eigenvalue weighted by Crippen LogP contribution is -2.39. The van der Waals surface area contributed by atoms with Gasteiger partial charge >= 0.3 is 0 Å². The molecule has 2 aromatic carbocycles. The van der Waals surface area contributed by atoms with E-state index in [9.17, 15) is 9.59 Å². The van der Waals surface area contributed by atoms with Gasteiger partial charge in [-0.2, -0.15) is 0 Å². The molecule has 0 unspecified atom stereocenters. The number of hydrogen-bond donors (Lipinski definition) is 1. The molecule has 0 bridgehead atoms. The minimum atomic E-state index is -0.457. The van der Waals surface area contributed by atoms with Gasteiger partial charge in [-0.05, 0) is 44.5 Å². The number of benzene rings is 2. The van der Waals surface area contributed by atoms with Gasteiger partial charge in [0.15, 0.2) is 5.17 Å². The van der Waals surface area contributed by atoms with Crippen LogP contribution in [0.5, 0.6) is 0 Å². The minimum Gasteiger partial charge on any atom is -0.326 e. The van der Waals surface area contributed by atoms with Gasteiger partial charge < -0.3 is 5.32 Å². The molecule has 5 nitrogen and oxygen atoms in total. The van der Waals surface area contributed by atoms with Crippen molar-refractivity contribution in [1.82, 2.24) is 4.90 Å². The third-order valence-corrected chi connectivity index (χ3v) is 5.84. The van der Waals surface area contributed by atoms with Crippen molar-refractivity contribution >= 4 is 40.1 Å². The number of amides is 2. The molecule has 1 fully saturated rings. The van der Waals surface area contributed by atoms with E-state index in [1.165, 1.54) is 11.8 Å². The Morgan fingerprint density at radius 2 is 1.86 bits per heavy atom. The first-order valence-corrected chi connectivity index (χ1v) is 10.4. The second kappa shape index (κ2) is 9.06. The zero-order valence-electron chi connectivity index (χ0n) is 16.4. The van der Waals surface area contributed by atoms with E-state index >= 15 is 0 Å². The summed E-state index contributed by atoms with van der Waals surface area (Å²) in [5, 5.41) is 3.09. The second-order valence-corrected chi connectivity index (χ2v) is 8.09. The largest absolute Gasteiger partial charge is 0.326 e. The molecular weight excluding hydrogens is 370 g/mol. The van der Waals surface area contributed by atoms with Crippen molar-refractivity contribution in [3.05, 3.63) is 60.2 Å². The molecule has 1 heterocycles. The quantitative estimate of drug-likeness (QED) is 0.767. The van der Waals surface area contributed by atoms with E-state index in [0.717, 1.165) is 23.4 Å². The molecular formula is C22H25N3O2S. The normalized spacial score (nSPS) is 19.1. The Kier molecular flexibility index (Phi) is 6.52. The Bertz CT molecular complexity index is 865. The average Bonchev–Trinajstić information content (AvgIpc) is 2.98. The van der Waals surface area contributed by atoms with Gasteiger partial charge in [0.25, 0.3) is 0 Å². The summed E-state index contributed by atoms with van der Waals surface area (Å²) in [4.78, 5) is 31.9. The Hall–Kier alpha value is -2.60. The van der Waals surface area contributed by atoms with Crippen molar-refractivity contribution in [1.29, 1.82) is 0 Å². The van der Waals surface area contributed by atoms with Gasteiger partial charge in [0.05, 0.1) is 5.69 Å². The highest BCUT2D eigenvalue weighted by Gasteiger charge is 2.41. The van der Waals surface area contributed by atoms with Crippen molar-refractivity contribution in [2.24, 2.45) is 4.99 Å². The predicted octanol–water partition coefficient (Wildman–Crippen LogP) is 4.75. The summed E-state index contributed by atoms with van der Waals surface area (Å²) in [5.41, 5.74) is 2.67. The lowest BCUT2D eigenvalue weighted by Gasteiger charge is -2.23. The maximum atomic E-state index is 13.0. The first-order chi connectivity index (χ1) is 13.5. The summed E-state index contributed by atoms with van der Waals surface area (Å²) in [6.07, 6.45) is 0.945. The van der Waals surface area contributed by atoms with E-state index in [-0.39, 0.29) is 24.3 Å². The van der Waals surface area contributed by atoms with Gasteiger partial charge in [-0.3, -0.25) is 14.5 Å². The van der Waals surface area contributed by atoms with Crippen LogP contribution in [0.3, 0.4) is 0 Å². The monoisotopic (exact) mass is 395 g/mol. The number of hydrogen-bond acceptors (Lipinski definition) is 4. The molecule has 3 rings (SSSR count). The predicted molar refractivity (Wildman–Crippen MR) is 116 cm³/mol. The van der Waals surface area contributed by atoms with Crippen molar-refractivity contribution in [3.8, 4) is 0 Å². The number of para-hydroxylation sites is 1. The van der Waals surface area contributed by atoms with Crippen LogP contribution in [-0.2, 0) is 9.59 Å². The molecule has 146 valence electrons. The fourth-order valence-electron chi connectivity index (χ4n) is 2.91. The average molecular weight is 396 g/mol. The number of nitrogens with zero attached hydrogens (tertiary/aromatic N) is 2. The zero-order chi connectivity index (χ0) is 20.1. The molecule has 0 spiro atoms. The zero-order valence-corrected chi connectivity index (χ0v) is 17.2. The Morgan fingerprint density at radius 1 is 1.18 bits per heavy atom. The molecule has 0 radical (unpaired) electrons. The minimum absolute atomic E-state index is 0.0348. The van der Waals surface area contributed by atoms with Crippen LogP contribution in [0.15, 0.2) is 59.6 Å². The lowest BCUT2D eigenvalue weighted by molar-refractivity contribution is -0.129. The van der Waals surface area contributed by atoms with Gasteiger partial charge in [-0.25, -0.2) is 4.99 Å². The van der Waals surface area contributed by atoms with E-state index in [0.29, 0.717) is 5.17 Å². The van der Waals surface area contributed by atoms with Gasteiger partial charge in [0.1, 0.15) is 5.25 Å². The van der Waals surface area contributed by atoms with Crippen LogP contribution in [0.2, 0.25) is 0 Å². The van der Waals surface area contributed by atoms with E-state index < -0.39 is 5.25 Å². The van der Waals surface area contributed by atoms with Crippen molar-refractivity contribution in [3.63, 3.8) is 0 Å². The molecule has 1 saturated heterocycles. The number of carbonyl (C=O) groups is 2. The number of rotatable bonds is 6. The molecule has 0 aromatic heterocycles. The van der Waals surface area contributed by atoms with Gasteiger partial charge in [-0.1, -0.05) is 54.6 Å². The van der Waals surface area contributed by atoms with Crippen LogP contribution in [0.4, 0.5) is 11.4 Å². The standard InChI is InChI=1S/C22H25N3O2S/c1-4-16(3)25-21(27)19(28-22(25)24-17-8-6-5-7-9-17)14-20(26)23-18-12-10-15(2)11-13-18/h5-13,16,19H,4,14H2,1-3H3,(H,23,26)/t16-,19+/m0/s1. The number of amidine groups is 1. The summed E-state index contributed by atoms with van der Waals surface area (Å²) in [6, 6.07) is 17.2.